The molecule has 4 nitrogen and oxygen atoms in total. The molecule has 0 bridgehead atoms. The van der Waals surface area contributed by atoms with Crippen LogP contribution in [0.3, 0.4) is 0 Å². The van der Waals surface area contributed by atoms with Gasteiger partial charge in [0, 0.05) is 11.3 Å². The van der Waals surface area contributed by atoms with Crippen LogP contribution in [-0.4, -0.2) is 11.8 Å². The molecule has 2 N–H and O–H groups in total. The van der Waals surface area contributed by atoms with Crippen LogP contribution < -0.4 is 10.6 Å². The molecule has 0 fully saturated rings. The third kappa shape index (κ3) is 3.86. The molecule has 0 aliphatic rings. The van der Waals surface area contributed by atoms with Crippen molar-refractivity contribution in [2.24, 2.45) is 0 Å². The number of halogens is 1. The molecule has 0 saturated carbocycles. The first kappa shape index (κ1) is 16.0. The molecule has 0 unspecified atom stereocenters. The summed E-state index contributed by atoms with van der Waals surface area (Å²) < 4.78 is 0. The van der Waals surface area contributed by atoms with Crippen LogP contribution in [0.15, 0.2) is 36.4 Å². The maximum atomic E-state index is 12.1. The Morgan fingerprint density at radius 3 is 2.41 bits per heavy atom. The van der Waals surface area contributed by atoms with Crippen LogP contribution in [0.5, 0.6) is 0 Å². The van der Waals surface area contributed by atoms with Gasteiger partial charge >= 0.3 is 6.03 Å². The number of hydrogen-bond donors (Lipinski definition) is 2. The molecule has 0 spiro atoms. The number of carbonyl (C=O) groups is 2. The van der Waals surface area contributed by atoms with E-state index in [9.17, 15) is 9.59 Å². The minimum atomic E-state index is -0.408. The van der Waals surface area contributed by atoms with Gasteiger partial charge in [-0.3, -0.25) is 4.79 Å². The Labute approximate surface area is 134 Å². The number of rotatable bonds is 3. The highest BCUT2D eigenvalue weighted by molar-refractivity contribution is 6.34. The molecule has 0 radical (unpaired) electrons. The normalized spacial score (nSPS) is 10.2. The van der Waals surface area contributed by atoms with Gasteiger partial charge in [0.1, 0.15) is 0 Å². The maximum Gasteiger partial charge on any atom is 0.323 e. The number of carbonyl (C=O) groups excluding carboxylic acids is 2. The van der Waals surface area contributed by atoms with Crippen molar-refractivity contribution in [3.05, 3.63) is 58.1 Å². The molecular formula is C17H17ClN2O2. The van der Waals surface area contributed by atoms with Gasteiger partial charge in [0.2, 0.25) is 0 Å². The Morgan fingerprint density at radius 1 is 1.05 bits per heavy atom. The van der Waals surface area contributed by atoms with Crippen molar-refractivity contribution in [1.82, 2.24) is 0 Å². The molecule has 0 aliphatic heterocycles. The number of benzene rings is 2. The third-order valence-electron chi connectivity index (χ3n) is 3.20. The van der Waals surface area contributed by atoms with E-state index in [0.29, 0.717) is 22.0 Å². The summed E-state index contributed by atoms with van der Waals surface area (Å²) in [6.07, 6.45) is 0. The van der Waals surface area contributed by atoms with Crippen LogP contribution >= 0.6 is 11.6 Å². The van der Waals surface area contributed by atoms with Gasteiger partial charge in [-0.1, -0.05) is 29.8 Å². The van der Waals surface area contributed by atoms with Crippen LogP contribution in [0.1, 0.15) is 28.4 Å². The van der Waals surface area contributed by atoms with Crippen molar-refractivity contribution in [2.45, 2.75) is 20.8 Å². The monoisotopic (exact) mass is 316 g/mol. The molecule has 0 aromatic heterocycles. The van der Waals surface area contributed by atoms with Gasteiger partial charge in [0.15, 0.2) is 5.78 Å². The highest BCUT2D eigenvalue weighted by Gasteiger charge is 2.10. The fraction of sp³-hybridized carbons (Fsp3) is 0.176. The average Bonchev–Trinajstić information content (AvgIpc) is 2.43. The van der Waals surface area contributed by atoms with E-state index in [1.807, 2.05) is 19.9 Å². The first-order chi connectivity index (χ1) is 10.4. The molecule has 0 saturated heterocycles. The van der Waals surface area contributed by atoms with E-state index < -0.39 is 6.03 Å². The van der Waals surface area contributed by atoms with Crippen LogP contribution in [0.25, 0.3) is 0 Å². The van der Waals surface area contributed by atoms with E-state index in [1.54, 1.807) is 30.3 Å². The second-order valence-corrected chi connectivity index (χ2v) is 5.56. The Kier molecular flexibility index (Phi) is 4.83. The zero-order chi connectivity index (χ0) is 16.3. The largest absolute Gasteiger partial charge is 0.323 e. The SMILES string of the molecule is CC(=O)c1cccc(NC(=O)Nc2c(C)cc(C)cc2Cl)c1. The molecule has 2 aromatic rings. The number of urea groups is 1. The number of nitrogens with one attached hydrogen (secondary N) is 2. The van der Waals surface area contributed by atoms with Crippen LogP contribution in [0, 0.1) is 13.8 Å². The first-order valence-electron chi connectivity index (χ1n) is 6.82. The van der Waals surface area contributed by atoms with E-state index in [4.69, 9.17) is 11.6 Å². The van der Waals surface area contributed by atoms with Gasteiger partial charge in [-0.2, -0.15) is 0 Å². The molecule has 2 amide bonds. The summed E-state index contributed by atoms with van der Waals surface area (Å²) in [5.74, 6) is -0.0542. The summed E-state index contributed by atoms with van der Waals surface area (Å²) in [7, 11) is 0. The van der Waals surface area contributed by atoms with Gasteiger partial charge in [0.05, 0.1) is 10.7 Å². The van der Waals surface area contributed by atoms with E-state index in [2.05, 4.69) is 10.6 Å². The summed E-state index contributed by atoms with van der Waals surface area (Å²) in [6, 6.07) is 10.1. The molecule has 22 heavy (non-hydrogen) atoms. The van der Waals surface area contributed by atoms with Crippen molar-refractivity contribution < 1.29 is 9.59 Å². The van der Waals surface area contributed by atoms with Gasteiger partial charge in [-0.25, -0.2) is 4.79 Å². The fourth-order valence-corrected chi connectivity index (χ4v) is 2.53. The molecule has 5 heteroatoms. The Balaban J connectivity index is 2.14. The third-order valence-corrected chi connectivity index (χ3v) is 3.50. The van der Waals surface area contributed by atoms with Gasteiger partial charge < -0.3 is 10.6 Å². The lowest BCUT2D eigenvalue weighted by molar-refractivity contribution is 0.101. The molecule has 0 atom stereocenters. The van der Waals surface area contributed by atoms with Crippen molar-refractivity contribution in [3.63, 3.8) is 0 Å². The molecular weight excluding hydrogens is 300 g/mol. The second kappa shape index (κ2) is 6.62. The summed E-state index contributed by atoms with van der Waals surface area (Å²) in [6.45, 7) is 5.30. The maximum absolute atomic E-state index is 12.1. The predicted molar refractivity (Wildman–Crippen MR) is 90.0 cm³/mol. The molecule has 2 aromatic carbocycles. The van der Waals surface area contributed by atoms with Crippen molar-refractivity contribution in [2.75, 3.05) is 10.6 Å². The van der Waals surface area contributed by atoms with Crippen LogP contribution in [-0.2, 0) is 0 Å². The smallest absolute Gasteiger partial charge is 0.308 e. The molecule has 0 heterocycles. The van der Waals surface area contributed by atoms with Crippen molar-refractivity contribution in [1.29, 1.82) is 0 Å². The minimum absolute atomic E-state index is 0.0542. The predicted octanol–water partition coefficient (Wildman–Crippen LogP) is 4.80. The zero-order valence-electron chi connectivity index (χ0n) is 12.7. The number of Topliss-reactive ketones (excluding diaryl/α,β-unsaturated/α-hetero) is 1. The summed E-state index contributed by atoms with van der Waals surface area (Å²) in [5, 5.41) is 5.92. The Bertz CT molecular complexity index is 718. The number of anilines is 2. The highest BCUT2D eigenvalue weighted by atomic mass is 35.5. The van der Waals surface area contributed by atoms with Crippen LogP contribution in [0.2, 0.25) is 5.02 Å². The lowest BCUT2D eigenvalue weighted by Gasteiger charge is -2.12. The summed E-state index contributed by atoms with van der Waals surface area (Å²) >= 11 is 6.16. The lowest BCUT2D eigenvalue weighted by atomic mass is 10.1. The molecule has 114 valence electrons. The van der Waals surface area contributed by atoms with E-state index in [1.165, 1.54) is 6.92 Å². The topological polar surface area (TPSA) is 58.2 Å². The van der Waals surface area contributed by atoms with E-state index in [0.717, 1.165) is 11.1 Å². The summed E-state index contributed by atoms with van der Waals surface area (Å²) in [5.41, 5.74) is 3.58. The van der Waals surface area contributed by atoms with Crippen LogP contribution in [0.4, 0.5) is 16.2 Å². The number of ketones is 1. The Hall–Kier alpha value is -2.33. The van der Waals surface area contributed by atoms with E-state index >= 15 is 0 Å². The fourth-order valence-electron chi connectivity index (χ4n) is 2.17. The van der Waals surface area contributed by atoms with E-state index in [-0.39, 0.29) is 5.78 Å². The second-order valence-electron chi connectivity index (χ2n) is 5.15. The minimum Gasteiger partial charge on any atom is -0.308 e. The van der Waals surface area contributed by atoms with Gasteiger partial charge in [-0.05, 0) is 50.1 Å². The molecule has 0 aliphatic carbocycles. The number of amides is 2. The average molecular weight is 317 g/mol. The Morgan fingerprint density at radius 2 is 1.77 bits per heavy atom. The van der Waals surface area contributed by atoms with Crippen molar-refractivity contribution >= 4 is 34.8 Å². The van der Waals surface area contributed by atoms with Gasteiger partial charge in [0.25, 0.3) is 0 Å². The number of hydrogen-bond acceptors (Lipinski definition) is 2. The lowest BCUT2D eigenvalue weighted by Crippen LogP contribution is -2.20. The molecule has 2 rings (SSSR count). The van der Waals surface area contributed by atoms with Gasteiger partial charge in [-0.15, -0.1) is 0 Å². The zero-order valence-corrected chi connectivity index (χ0v) is 13.4. The van der Waals surface area contributed by atoms with Crippen molar-refractivity contribution in [3.8, 4) is 0 Å². The standard InChI is InChI=1S/C17H17ClN2O2/c1-10-7-11(2)16(15(18)8-10)20-17(22)19-14-6-4-5-13(9-14)12(3)21/h4-9H,1-3H3,(H2,19,20,22). The number of aryl methyl sites for hydroxylation is 2. The quantitative estimate of drug-likeness (QED) is 0.799. The first-order valence-corrected chi connectivity index (χ1v) is 7.20. The summed E-state index contributed by atoms with van der Waals surface area (Å²) in [4.78, 5) is 23.4. The highest BCUT2D eigenvalue weighted by Crippen LogP contribution is 2.27.